The zero-order valence-corrected chi connectivity index (χ0v) is 19.1. The maximum absolute atomic E-state index is 14.1. The van der Waals surface area contributed by atoms with E-state index in [4.69, 9.17) is 0 Å². The predicted molar refractivity (Wildman–Crippen MR) is 123 cm³/mol. The van der Waals surface area contributed by atoms with Gasteiger partial charge in [0.1, 0.15) is 0 Å². The van der Waals surface area contributed by atoms with E-state index in [0.29, 0.717) is 25.2 Å². The number of nitrogens with one attached hydrogen (secondary N) is 1. The van der Waals surface area contributed by atoms with E-state index < -0.39 is 5.41 Å². The normalized spacial score (nSPS) is 23.1. The summed E-state index contributed by atoms with van der Waals surface area (Å²) in [5, 5.41) is 4.54. The van der Waals surface area contributed by atoms with Crippen molar-refractivity contribution in [1.29, 1.82) is 0 Å². The summed E-state index contributed by atoms with van der Waals surface area (Å²) in [4.78, 5) is 38.4. The molecule has 2 aliphatic rings. The van der Waals surface area contributed by atoms with Gasteiger partial charge in [0.15, 0.2) is 0 Å². The summed E-state index contributed by atoms with van der Waals surface area (Å²) >= 11 is 0. The molecule has 0 bridgehead atoms. The van der Waals surface area contributed by atoms with E-state index in [0.717, 1.165) is 30.6 Å². The first-order chi connectivity index (χ1) is 16.0. The van der Waals surface area contributed by atoms with Crippen LogP contribution in [0.2, 0.25) is 0 Å². The van der Waals surface area contributed by atoms with E-state index in [-0.39, 0.29) is 23.8 Å². The second-order valence-electron chi connectivity index (χ2n) is 9.48. The highest BCUT2D eigenvalue weighted by Crippen LogP contribution is 2.50. The van der Waals surface area contributed by atoms with Crippen molar-refractivity contribution in [1.82, 2.24) is 29.5 Å². The molecule has 2 aliphatic heterocycles. The maximum atomic E-state index is 14.1. The predicted octanol–water partition coefficient (Wildman–Crippen LogP) is 3.24. The monoisotopic (exact) mass is 446 g/mol. The highest BCUT2D eigenvalue weighted by atomic mass is 16.2. The Morgan fingerprint density at radius 1 is 1.27 bits per heavy atom. The topological polar surface area (TPSA) is 87.1 Å². The third kappa shape index (κ3) is 3.73. The SMILES string of the molecule is CC(C)n1nccc1C1CN(C(=O)c2cc[nH]c2)CC12CCCN(Cc1cccnc1)C2=O. The van der Waals surface area contributed by atoms with Crippen molar-refractivity contribution in [3.8, 4) is 0 Å². The van der Waals surface area contributed by atoms with Crippen LogP contribution in [0.25, 0.3) is 0 Å². The summed E-state index contributed by atoms with van der Waals surface area (Å²) in [6.07, 6.45) is 10.5. The average Bonchev–Trinajstić information content (AvgIpc) is 3.57. The standard InChI is InChI=1S/C25H30N6O2/c1-18(2)31-22(7-11-28-31)21-16-30(23(32)20-6-10-27-14-20)17-25(21)8-4-12-29(24(25)33)15-19-5-3-9-26-13-19/h3,5-7,9-11,13-14,18,21,27H,4,8,12,15-17H2,1-2H3. The van der Waals surface area contributed by atoms with Gasteiger partial charge in [-0.05, 0) is 50.5 Å². The number of amides is 2. The molecule has 2 atom stereocenters. The van der Waals surface area contributed by atoms with Crippen LogP contribution in [-0.4, -0.2) is 61.0 Å². The molecule has 172 valence electrons. The van der Waals surface area contributed by atoms with Gasteiger partial charge in [-0.1, -0.05) is 6.07 Å². The smallest absolute Gasteiger partial charge is 0.255 e. The van der Waals surface area contributed by atoms with Gasteiger partial charge in [0.2, 0.25) is 5.91 Å². The molecule has 2 unspecified atom stereocenters. The molecule has 0 aliphatic carbocycles. The molecule has 2 fully saturated rings. The molecule has 2 amide bonds. The van der Waals surface area contributed by atoms with Crippen molar-refractivity contribution in [3.63, 3.8) is 0 Å². The number of pyridine rings is 1. The molecular weight excluding hydrogens is 416 g/mol. The number of H-pyrrole nitrogens is 1. The fourth-order valence-corrected chi connectivity index (χ4v) is 5.55. The molecule has 0 radical (unpaired) electrons. The van der Waals surface area contributed by atoms with Crippen molar-refractivity contribution in [3.05, 3.63) is 72.1 Å². The zero-order valence-electron chi connectivity index (χ0n) is 19.1. The molecule has 3 aromatic rings. The maximum Gasteiger partial charge on any atom is 0.255 e. The Labute approximate surface area is 193 Å². The molecule has 8 nitrogen and oxygen atoms in total. The highest BCUT2D eigenvalue weighted by Gasteiger charge is 2.57. The van der Waals surface area contributed by atoms with Crippen LogP contribution < -0.4 is 0 Å². The molecule has 8 heteroatoms. The number of carbonyl (C=O) groups excluding carboxylic acids is 2. The fraction of sp³-hybridized carbons (Fsp3) is 0.440. The number of hydrogen-bond donors (Lipinski definition) is 1. The molecule has 2 saturated heterocycles. The Balaban J connectivity index is 1.52. The Morgan fingerprint density at radius 3 is 2.88 bits per heavy atom. The van der Waals surface area contributed by atoms with Crippen LogP contribution in [0.5, 0.6) is 0 Å². The van der Waals surface area contributed by atoms with Crippen LogP contribution in [-0.2, 0) is 11.3 Å². The quantitative estimate of drug-likeness (QED) is 0.652. The molecule has 5 rings (SSSR count). The van der Waals surface area contributed by atoms with Crippen LogP contribution in [0.3, 0.4) is 0 Å². The van der Waals surface area contributed by atoms with E-state index >= 15 is 0 Å². The van der Waals surface area contributed by atoms with Crippen LogP contribution in [0.15, 0.2) is 55.2 Å². The summed E-state index contributed by atoms with van der Waals surface area (Å²) in [6, 6.07) is 7.88. The lowest BCUT2D eigenvalue weighted by Crippen LogP contribution is -2.52. The van der Waals surface area contributed by atoms with Gasteiger partial charge in [-0.3, -0.25) is 19.3 Å². The van der Waals surface area contributed by atoms with Crippen molar-refractivity contribution in [2.45, 2.75) is 45.2 Å². The van der Waals surface area contributed by atoms with Gasteiger partial charge in [0, 0.05) is 74.8 Å². The van der Waals surface area contributed by atoms with Gasteiger partial charge in [-0.25, -0.2) is 0 Å². The number of carbonyl (C=O) groups is 2. The number of rotatable bonds is 5. The summed E-state index contributed by atoms with van der Waals surface area (Å²) in [7, 11) is 0. The molecule has 3 aromatic heterocycles. The van der Waals surface area contributed by atoms with E-state index in [9.17, 15) is 9.59 Å². The number of hydrogen-bond acceptors (Lipinski definition) is 4. The Hall–Kier alpha value is -3.42. The van der Waals surface area contributed by atoms with Crippen LogP contribution >= 0.6 is 0 Å². The van der Waals surface area contributed by atoms with E-state index in [1.165, 1.54) is 0 Å². The fourth-order valence-electron chi connectivity index (χ4n) is 5.55. The molecule has 0 aromatic carbocycles. The van der Waals surface area contributed by atoms with Crippen molar-refractivity contribution in [2.24, 2.45) is 5.41 Å². The van der Waals surface area contributed by atoms with E-state index in [2.05, 4.69) is 28.9 Å². The van der Waals surface area contributed by atoms with Gasteiger partial charge in [-0.15, -0.1) is 0 Å². The van der Waals surface area contributed by atoms with Crippen molar-refractivity contribution < 1.29 is 9.59 Å². The Kier molecular flexibility index (Phi) is 5.52. The zero-order chi connectivity index (χ0) is 23.0. The first kappa shape index (κ1) is 21.4. The van der Waals surface area contributed by atoms with Crippen LogP contribution in [0, 0.1) is 5.41 Å². The minimum atomic E-state index is -0.654. The summed E-state index contributed by atoms with van der Waals surface area (Å²) in [6.45, 7) is 6.38. The third-order valence-corrected chi connectivity index (χ3v) is 7.08. The van der Waals surface area contributed by atoms with Crippen LogP contribution in [0.1, 0.15) is 60.3 Å². The lowest BCUT2D eigenvalue weighted by atomic mass is 9.70. The Morgan fingerprint density at radius 2 is 2.15 bits per heavy atom. The number of piperidine rings is 1. The Bertz CT molecular complexity index is 1120. The average molecular weight is 447 g/mol. The number of aromatic amines is 1. The number of aromatic nitrogens is 4. The summed E-state index contributed by atoms with van der Waals surface area (Å²) in [5.41, 5.74) is 2.02. The summed E-state index contributed by atoms with van der Waals surface area (Å²) < 4.78 is 2.00. The van der Waals surface area contributed by atoms with Crippen molar-refractivity contribution >= 4 is 11.8 Å². The third-order valence-electron chi connectivity index (χ3n) is 7.08. The van der Waals surface area contributed by atoms with E-state index in [1.54, 1.807) is 30.9 Å². The second kappa shape index (κ2) is 8.50. The first-order valence-electron chi connectivity index (χ1n) is 11.6. The lowest BCUT2D eigenvalue weighted by Gasteiger charge is -2.42. The first-order valence-corrected chi connectivity index (χ1v) is 11.6. The minimum Gasteiger partial charge on any atom is -0.367 e. The molecule has 0 saturated carbocycles. The van der Waals surface area contributed by atoms with Gasteiger partial charge < -0.3 is 14.8 Å². The molecule has 1 spiro atoms. The van der Waals surface area contributed by atoms with Gasteiger partial charge in [-0.2, -0.15) is 5.10 Å². The second-order valence-corrected chi connectivity index (χ2v) is 9.48. The molecule has 1 N–H and O–H groups in total. The van der Waals surface area contributed by atoms with Gasteiger partial charge in [0.05, 0.1) is 11.0 Å². The van der Waals surface area contributed by atoms with Gasteiger partial charge in [0.25, 0.3) is 5.91 Å². The van der Waals surface area contributed by atoms with E-state index in [1.807, 2.05) is 38.9 Å². The minimum absolute atomic E-state index is 0.0362. The summed E-state index contributed by atoms with van der Waals surface area (Å²) in [5.74, 6) is -0.0103. The number of likely N-dealkylation sites (tertiary alicyclic amines) is 2. The molecule has 5 heterocycles. The molecular formula is C25H30N6O2. The van der Waals surface area contributed by atoms with Gasteiger partial charge >= 0.3 is 0 Å². The molecule has 33 heavy (non-hydrogen) atoms. The number of nitrogens with zero attached hydrogens (tertiary/aromatic N) is 5. The highest BCUT2D eigenvalue weighted by molar-refractivity contribution is 5.95. The van der Waals surface area contributed by atoms with Crippen LogP contribution in [0.4, 0.5) is 0 Å². The van der Waals surface area contributed by atoms with Crippen molar-refractivity contribution in [2.75, 3.05) is 19.6 Å². The largest absolute Gasteiger partial charge is 0.367 e. The lowest BCUT2D eigenvalue weighted by molar-refractivity contribution is -0.147.